The van der Waals surface area contributed by atoms with E-state index in [1.54, 1.807) is 6.92 Å². The summed E-state index contributed by atoms with van der Waals surface area (Å²) in [7, 11) is 3.69. The number of rotatable bonds is 6. The van der Waals surface area contributed by atoms with Crippen LogP contribution >= 0.6 is 0 Å². The highest BCUT2D eigenvalue weighted by molar-refractivity contribution is 5.84. The van der Waals surface area contributed by atoms with Crippen LogP contribution in [-0.4, -0.2) is 59.8 Å². The molecule has 6 heteroatoms. The average molecular weight is 286 g/mol. The minimum Gasteiger partial charge on any atom is -0.481 e. The largest absolute Gasteiger partial charge is 0.481 e. The second kappa shape index (κ2) is 7.04. The SMILES string of the molecule is CN(C)CC(C)(O)CNC(=O)C1CCCCC1C(=O)O. The van der Waals surface area contributed by atoms with Gasteiger partial charge in [0.15, 0.2) is 0 Å². The van der Waals surface area contributed by atoms with E-state index in [1.165, 1.54) is 0 Å². The number of carbonyl (C=O) groups is 2. The molecule has 1 fully saturated rings. The molecule has 1 amide bonds. The van der Waals surface area contributed by atoms with Gasteiger partial charge in [0.05, 0.1) is 17.4 Å². The molecule has 3 atom stereocenters. The Labute approximate surface area is 120 Å². The molecule has 3 unspecified atom stereocenters. The maximum Gasteiger partial charge on any atom is 0.307 e. The van der Waals surface area contributed by atoms with Crippen LogP contribution in [0.4, 0.5) is 0 Å². The molecule has 116 valence electrons. The number of amides is 1. The second-order valence-corrected chi connectivity index (χ2v) is 6.29. The Morgan fingerprint density at radius 3 is 2.30 bits per heavy atom. The highest BCUT2D eigenvalue weighted by Gasteiger charge is 2.36. The van der Waals surface area contributed by atoms with Crippen LogP contribution in [0, 0.1) is 11.8 Å². The van der Waals surface area contributed by atoms with Crippen molar-refractivity contribution in [3.05, 3.63) is 0 Å². The number of nitrogens with zero attached hydrogens (tertiary/aromatic N) is 1. The minimum absolute atomic E-state index is 0.132. The summed E-state index contributed by atoms with van der Waals surface area (Å²) in [6.45, 7) is 2.22. The Kier molecular flexibility index (Phi) is 5.95. The van der Waals surface area contributed by atoms with Gasteiger partial charge >= 0.3 is 5.97 Å². The first-order valence-corrected chi connectivity index (χ1v) is 7.10. The van der Waals surface area contributed by atoms with Crippen molar-refractivity contribution in [3.8, 4) is 0 Å². The van der Waals surface area contributed by atoms with Gasteiger partial charge in [0, 0.05) is 13.1 Å². The van der Waals surface area contributed by atoms with Gasteiger partial charge in [-0.2, -0.15) is 0 Å². The molecule has 20 heavy (non-hydrogen) atoms. The Morgan fingerprint density at radius 2 is 1.80 bits per heavy atom. The highest BCUT2D eigenvalue weighted by atomic mass is 16.4. The van der Waals surface area contributed by atoms with Gasteiger partial charge in [-0.3, -0.25) is 9.59 Å². The van der Waals surface area contributed by atoms with Crippen molar-refractivity contribution < 1.29 is 19.8 Å². The lowest BCUT2D eigenvalue weighted by molar-refractivity contribution is -0.149. The molecular weight excluding hydrogens is 260 g/mol. The molecule has 0 spiro atoms. The molecule has 1 aliphatic carbocycles. The van der Waals surface area contributed by atoms with Crippen LogP contribution in [0.3, 0.4) is 0 Å². The Bertz CT molecular complexity index is 355. The zero-order chi connectivity index (χ0) is 15.3. The van der Waals surface area contributed by atoms with E-state index in [0.717, 1.165) is 12.8 Å². The zero-order valence-corrected chi connectivity index (χ0v) is 12.6. The molecule has 0 bridgehead atoms. The number of likely N-dealkylation sites (N-methyl/N-ethyl adjacent to an activating group) is 1. The molecule has 1 rings (SSSR count). The van der Waals surface area contributed by atoms with Gasteiger partial charge in [-0.15, -0.1) is 0 Å². The first kappa shape index (κ1) is 16.9. The molecule has 6 nitrogen and oxygen atoms in total. The Morgan fingerprint density at radius 1 is 1.25 bits per heavy atom. The van der Waals surface area contributed by atoms with E-state index in [-0.39, 0.29) is 12.5 Å². The lowest BCUT2D eigenvalue weighted by Gasteiger charge is -2.30. The summed E-state index contributed by atoms with van der Waals surface area (Å²) in [6.07, 6.45) is 2.91. The maximum absolute atomic E-state index is 12.1. The van der Waals surface area contributed by atoms with Gasteiger partial charge in [-0.05, 0) is 33.9 Å². The van der Waals surface area contributed by atoms with Gasteiger partial charge < -0.3 is 20.4 Å². The third-order valence-electron chi connectivity index (χ3n) is 3.72. The number of hydrogen-bond donors (Lipinski definition) is 3. The van der Waals surface area contributed by atoms with Crippen LogP contribution in [0.25, 0.3) is 0 Å². The molecule has 0 aliphatic heterocycles. The molecule has 1 saturated carbocycles. The molecular formula is C14H26N2O4. The number of carboxylic acid groups (broad SMARTS) is 1. The summed E-state index contributed by atoms with van der Waals surface area (Å²) in [5.41, 5.74) is -1.02. The van der Waals surface area contributed by atoms with Crippen LogP contribution in [0.5, 0.6) is 0 Å². The molecule has 0 aromatic carbocycles. The number of carboxylic acids is 1. The fourth-order valence-electron chi connectivity index (χ4n) is 2.89. The predicted octanol–water partition coefficient (Wildman–Crippen LogP) is 0.306. The molecule has 0 saturated heterocycles. The molecule has 0 heterocycles. The average Bonchev–Trinajstić information content (AvgIpc) is 2.34. The van der Waals surface area contributed by atoms with E-state index in [9.17, 15) is 14.7 Å². The summed E-state index contributed by atoms with van der Waals surface area (Å²) < 4.78 is 0. The Balaban J connectivity index is 2.54. The monoisotopic (exact) mass is 286 g/mol. The van der Waals surface area contributed by atoms with E-state index in [0.29, 0.717) is 19.4 Å². The third-order valence-corrected chi connectivity index (χ3v) is 3.72. The minimum atomic E-state index is -1.02. The molecule has 0 aromatic heterocycles. The van der Waals surface area contributed by atoms with E-state index >= 15 is 0 Å². The predicted molar refractivity (Wildman–Crippen MR) is 75.3 cm³/mol. The third kappa shape index (κ3) is 5.09. The van der Waals surface area contributed by atoms with E-state index in [1.807, 2.05) is 19.0 Å². The second-order valence-electron chi connectivity index (χ2n) is 6.29. The van der Waals surface area contributed by atoms with Crippen molar-refractivity contribution in [2.45, 2.75) is 38.2 Å². The van der Waals surface area contributed by atoms with E-state index in [2.05, 4.69) is 5.32 Å². The molecule has 0 radical (unpaired) electrons. The summed E-state index contributed by atoms with van der Waals surface area (Å²) >= 11 is 0. The smallest absolute Gasteiger partial charge is 0.307 e. The summed E-state index contributed by atoms with van der Waals surface area (Å²) in [4.78, 5) is 25.2. The molecule has 3 N–H and O–H groups in total. The van der Waals surface area contributed by atoms with Crippen molar-refractivity contribution in [1.29, 1.82) is 0 Å². The molecule has 1 aliphatic rings. The maximum atomic E-state index is 12.1. The number of hydrogen-bond acceptors (Lipinski definition) is 4. The number of aliphatic carboxylic acids is 1. The van der Waals surface area contributed by atoms with Crippen LogP contribution in [0.15, 0.2) is 0 Å². The normalized spacial score (nSPS) is 26.1. The van der Waals surface area contributed by atoms with Gasteiger partial charge in [-0.1, -0.05) is 12.8 Å². The van der Waals surface area contributed by atoms with Crippen molar-refractivity contribution in [2.24, 2.45) is 11.8 Å². The number of aliphatic hydroxyl groups is 1. The number of nitrogens with one attached hydrogen (secondary N) is 1. The van der Waals surface area contributed by atoms with Crippen molar-refractivity contribution in [1.82, 2.24) is 10.2 Å². The molecule has 0 aromatic rings. The summed E-state index contributed by atoms with van der Waals surface area (Å²) in [6, 6.07) is 0. The Hall–Kier alpha value is -1.14. The van der Waals surface area contributed by atoms with Gasteiger partial charge in [0.25, 0.3) is 0 Å². The fraction of sp³-hybridized carbons (Fsp3) is 0.857. The van der Waals surface area contributed by atoms with Gasteiger partial charge in [0.2, 0.25) is 5.91 Å². The van der Waals surface area contributed by atoms with Crippen LogP contribution in [0.2, 0.25) is 0 Å². The van der Waals surface area contributed by atoms with Gasteiger partial charge in [-0.25, -0.2) is 0 Å². The van der Waals surface area contributed by atoms with Crippen LogP contribution in [-0.2, 0) is 9.59 Å². The van der Waals surface area contributed by atoms with Crippen molar-refractivity contribution >= 4 is 11.9 Å². The van der Waals surface area contributed by atoms with Gasteiger partial charge in [0.1, 0.15) is 0 Å². The lowest BCUT2D eigenvalue weighted by Crippen LogP contribution is -2.49. The standard InChI is InChI=1S/C14H26N2O4/c1-14(20,9-16(2)3)8-15-12(17)10-6-4-5-7-11(10)13(18)19/h10-11,20H,4-9H2,1-3H3,(H,15,17)(H,18,19). The summed E-state index contributed by atoms with van der Waals surface area (Å²) in [5, 5.41) is 22.0. The first-order chi connectivity index (χ1) is 9.23. The highest BCUT2D eigenvalue weighted by Crippen LogP contribution is 2.30. The van der Waals surface area contributed by atoms with Crippen molar-refractivity contribution in [2.75, 3.05) is 27.2 Å². The number of carbonyl (C=O) groups excluding carboxylic acids is 1. The van der Waals surface area contributed by atoms with Crippen LogP contribution < -0.4 is 5.32 Å². The zero-order valence-electron chi connectivity index (χ0n) is 12.6. The van der Waals surface area contributed by atoms with E-state index < -0.39 is 23.4 Å². The first-order valence-electron chi connectivity index (χ1n) is 7.10. The van der Waals surface area contributed by atoms with Crippen molar-refractivity contribution in [3.63, 3.8) is 0 Å². The fourth-order valence-corrected chi connectivity index (χ4v) is 2.89. The van der Waals surface area contributed by atoms with E-state index in [4.69, 9.17) is 5.11 Å². The topological polar surface area (TPSA) is 89.9 Å². The van der Waals surface area contributed by atoms with Crippen LogP contribution in [0.1, 0.15) is 32.6 Å². The summed E-state index contributed by atoms with van der Waals surface area (Å²) in [5.74, 6) is -2.22. The quantitative estimate of drug-likeness (QED) is 0.653. The lowest BCUT2D eigenvalue weighted by atomic mass is 9.78.